The highest BCUT2D eigenvalue weighted by atomic mass is 35.5. The lowest BCUT2D eigenvalue weighted by Crippen LogP contribution is -2.31. The fourth-order valence-corrected chi connectivity index (χ4v) is 2.10. The highest BCUT2D eigenvalue weighted by Gasteiger charge is 2.12. The first-order valence-electron chi connectivity index (χ1n) is 6.79. The second-order valence-corrected chi connectivity index (χ2v) is 5.42. The summed E-state index contributed by atoms with van der Waals surface area (Å²) in [5, 5.41) is 4.42. The molecule has 6 heteroatoms. The van der Waals surface area contributed by atoms with E-state index in [1.54, 1.807) is 36.5 Å². The maximum absolute atomic E-state index is 12.2. The van der Waals surface area contributed by atoms with Crippen molar-refractivity contribution in [1.82, 2.24) is 9.99 Å². The molecule has 1 amide bonds. The van der Waals surface area contributed by atoms with Crippen molar-refractivity contribution in [1.29, 1.82) is 0 Å². The van der Waals surface area contributed by atoms with Crippen molar-refractivity contribution in [2.45, 2.75) is 19.9 Å². The third-order valence-electron chi connectivity index (χ3n) is 3.00. The molecule has 0 saturated carbocycles. The molecule has 0 atom stereocenters. The number of pyridine rings is 1. The zero-order valence-corrected chi connectivity index (χ0v) is 13.0. The molecule has 114 valence electrons. The van der Waals surface area contributed by atoms with Gasteiger partial charge in [0, 0.05) is 17.3 Å². The topological polar surface area (TPSA) is 63.5 Å². The molecule has 0 radical (unpaired) electrons. The van der Waals surface area contributed by atoms with Gasteiger partial charge in [-0.05, 0) is 43.7 Å². The zero-order chi connectivity index (χ0) is 16.1. The standard InChI is InChI=1S/C16H16ClN3O2/c1-11(2)20-8-4-7-14(16(20)22)15(21)19-18-10-12-5-3-6-13(17)9-12/h3-11H,1-2H3,(H,19,21)/b18-10-. The van der Waals surface area contributed by atoms with Gasteiger partial charge in [-0.1, -0.05) is 23.7 Å². The monoisotopic (exact) mass is 317 g/mol. The van der Waals surface area contributed by atoms with Gasteiger partial charge in [-0.2, -0.15) is 5.10 Å². The van der Waals surface area contributed by atoms with Crippen LogP contribution in [0.4, 0.5) is 0 Å². The average Bonchev–Trinajstić information content (AvgIpc) is 2.47. The fourth-order valence-electron chi connectivity index (χ4n) is 1.90. The van der Waals surface area contributed by atoms with Gasteiger partial charge in [0.25, 0.3) is 11.5 Å². The number of hydrogen-bond donors (Lipinski definition) is 1. The van der Waals surface area contributed by atoms with Crippen LogP contribution in [0.3, 0.4) is 0 Å². The average molecular weight is 318 g/mol. The Morgan fingerprint density at radius 2 is 2.09 bits per heavy atom. The normalized spacial score (nSPS) is 11.1. The van der Waals surface area contributed by atoms with Crippen LogP contribution in [0, 0.1) is 0 Å². The molecule has 1 N–H and O–H groups in total. The van der Waals surface area contributed by atoms with E-state index in [0.717, 1.165) is 5.56 Å². The Kier molecular flexibility index (Phi) is 5.12. The van der Waals surface area contributed by atoms with E-state index in [1.807, 2.05) is 13.8 Å². The van der Waals surface area contributed by atoms with Crippen LogP contribution < -0.4 is 11.0 Å². The molecule has 0 spiro atoms. The summed E-state index contributed by atoms with van der Waals surface area (Å²) in [5.74, 6) is -0.543. The maximum Gasteiger partial charge on any atom is 0.276 e. The zero-order valence-electron chi connectivity index (χ0n) is 12.3. The van der Waals surface area contributed by atoms with Crippen molar-refractivity contribution in [2.75, 3.05) is 0 Å². The number of nitrogens with zero attached hydrogens (tertiary/aromatic N) is 2. The predicted molar refractivity (Wildman–Crippen MR) is 87.6 cm³/mol. The predicted octanol–water partition coefficient (Wildman–Crippen LogP) is 2.85. The largest absolute Gasteiger partial charge is 0.312 e. The van der Waals surface area contributed by atoms with E-state index in [-0.39, 0.29) is 17.2 Å². The highest BCUT2D eigenvalue weighted by molar-refractivity contribution is 6.30. The van der Waals surface area contributed by atoms with E-state index in [1.165, 1.54) is 16.8 Å². The molecule has 22 heavy (non-hydrogen) atoms. The molecule has 0 bridgehead atoms. The van der Waals surface area contributed by atoms with E-state index >= 15 is 0 Å². The molecule has 0 fully saturated rings. The number of rotatable bonds is 4. The van der Waals surface area contributed by atoms with Gasteiger partial charge in [0.1, 0.15) is 5.56 Å². The number of aromatic nitrogens is 1. The summed E-state index contributed by atoms with van der Waals surface area (Å²) < 4.78 is 1.50. The van der Waals surface area contributed by atoms with Gasteiger partial charge >= 0.3 is 0 Å². The molecule has 5 nitrogen and oxygen atoms in total. The number of carbonyl (C=O) groups is 1. The Balaban J connectivity index is 2.13. The lowest BCUT2D eigenvalue weighted by atomic mass is 10.2. The summed E-state index contributed by atoms with van der Waals surface area (Å²) >= 11 is 5.86. The quantitative estimate of drug-likeness (QED) is 0.696. The van der Waals surface area contributed by atoms with Crippen LogP contribution in [0.5, 0.6) is 0 Å². The summed E-state index contributed by atoms with van der Waals surface area (Å²) in [6.45, 7) is 3.75. The minimum Gasteiger partial charge on any atom is -0.312 e. The molecule has 0 aliphatic carbocycles. The Bertz CT molecular complexity index is 766. The number of hydrazone groups is 1. The van der Waals surface area contributed by atoms with Crippen LogP contribution in [0.1, 0.15) is 35.8 Å². The van der Waals surface area contributed by atoms with Crippen LogP contribution >= 0.6 is 11.6 Å². The van der Waals surface area contributed by atoms with E-state index in [2.05, 4.69) is 10.5 Å². The molecule has 0 unspecified atom stereocenters. The Labute approximate surface area is 133 Å². The van der Waals surface area contributed by atoms with Gasteiger partial charge in [-0.25, -0.2) is 5.43 Å². The van der Waals surface area contributed by atoms with Crippen molar-refractivity contribution in [3.63, 3.8) is 0 Å². The van der Waals surface area contributed by atoms with Gasteiger partial charge in [0.2, 0.25) is 0 Å². The smallest absolute Gasteiger partial charge is 0.276 e. The minimum atomic E-state index is -0.543. The summed E-state index contributed by atoms with van der Waals surface area (Å²) in [5.41, 5.74) is 2.81. The molecule has 2 rings (SSSR count). The first-order chi connectivity index (χ1) is 10.5. The number of hydrogen-bond acceptors (Lipinski definition) is 3. The number of benzene rings is 1. The van der Waals surface area contributed by atoms with Gasteiger partial charge in [-0.3, -0.25) is 9.59 Å². The second kappa shape index (κ2) is 7.04. The van der Waals surface area contributed by atoms with Crippen molar-refractivity contribution in [3.05, 3.63) is 69.1 Å². The van der Waals surface area contributed by atoms with Crippen LogP contribution in [0.2, 0.25) is 5.02 Å². The molecule has 2 aromatic rings. The molecular formula is C16H16ClN3O2. The summed E-state index contributed by atoms with van der Waals surface area (Å²) in [4.78, 5) is 24.2. The summed E-state index contributed by atoms with van der Waals surface area (Å²) in [6.07, 6.45) is 3.12. The van der Waals surface area contributed by atoms with Crippen molar-refractivity contribution in [3.8, 4) is 0 Å². The molecule has 1 aromatic heterocycles. The Morgan fingerprint density at radius 3 is 2.77 bits per heavy atom. The van der Waals surface area contributed by atoms with Crippen molar-refractivity contribution < 1.29 is 4.79 Å². The number of halogens is 1. The fraction of sp³-hybridized carbons (Fsp3) is 0.188. The van der Waals surface area contributed by atoms with Crippen molar-refractivity contribution >= 4 is 23.7 Å². The minimum absolute atomic E-state index is 0.0183. The van der Waals surface area contributed by atoms with E-state index < -0.39 is 5.91 Å². The van der Waals surface area contributed by atoms with Crippen LogP contribution in [0.25, 0.3) is 0 Å². The van der Waals surface area contributed by atoms with E-state index in [9.17, 15) is 9.59 Å². The van der Waals surface area contributed by atoms with E-state index in [0.29, 0.717) is 5.02 Å². The maximum atomic E-state index is 12.2. The second-order valence-electron chi connectivity index (χ2n) is 4.98. The van der Waals surface area contributed by atoms with E-state index in [4.69, 9.17) is 11.6 Å². The van der Waals surface area contributed by atoms with Crippen LogP contribution in [0.15, 0.2) is 52.5 Å². The third kappa shape index (κ3) is 3.83. The Morgan fingerprint density at radius 1 is 1.32 bits per heavy atom. The SMILES string of the molecule is CC(C)n1cccc(C(=O)N/N=C\c2cccc(Cl)c2)c1=O. The van der Waals surface area contributed by atoms with Gasteiger partial charge < -0.3 is 4.57 Å². The van der Waals surface area contributed by atoms with Crippen LogP contribution in [-0.2, 0) is 0 Å². The van der Waals surface area contributed by atoms with Gasteiger partial charge in [-0.15, -0.1) is 0 Å². The van der Waals surface area contributed by atoms with Crippen LogP contribution in [-0.4, -0.2) is 16.7 Å². The lowest BCUT2D eigenvalue weighted by molar-refractivity contribution is 0.0953. The molecule has 1 heterocycles. The summed E-state index contributed by atoms with van der Waals surface area (Å²) in [7, 11) is 0. The highest BCUT2D eigenvalue weighted by Crippen LogP contribution is 2.08. The molecular weight excluding hydrogens is 302 g/mol. The third-order valence-corrected chi connectivity index (χ3v) is 3.24. The van der Waals surface area contributed by atoms with Crippen molar-refractivity contribution in [2.24, 2.45) is 5.10 Å². The lowest BCUT2D eigenvalue weighted by Gasteiger charge is -2.10. The summed E-state index contributed by atoms with van der Waals surface area (Å²) in [6, 6.07) is 10.2. The van der Waals surface area contributed by atoms with Gasteiger partial charge in [0.15, 0.2) is 0 Å². The molecule has 1 aromatic carbocycles. The molecule has 0 saturated heterocycles. The first kappa shape index (κ1) is 16.0. The number of carbonyl (C=O) groups excluding carboxylic acids is 1. The van der Waals surface area contributed by atoms with Gasteiger partial charge in [0.05, 0.1) is 6.21 Å². The first-order valence-corrected chi connectivity index (χ1v) is 7.17. The molecule has 0 aliphatic heterocycles. The number of amides is 1. The Hall–Kier alpha value is -2.40. The molecule has 0 aliphatic rings. The number of nitrogens with one attached hydrogen (secondary N) is 1.